The third-order valence-corrected chi connectivity index (χ3v) is 13.8. The summed E-state index contributed by atoms with van der Waals surface area (Å²) in [6.07, 6.45) is 3.92. The van der Waals surface area contributed by atoms with Crippen LogP contribution < -0.4 is 9.92 Å². The number of benzene rings is 6. The number of aryl methyl sites for hydroxylation is 2. The van der Waals surface area contributed by atoms with Crippen molar-refractivity contribution in [2.45, 2.75) is 45.3 Å². The molecule has 0 saturated heterocycles. The van der Waals surface area contributed by atoms with Crippen LogP contribution >= 0.6 is 0 Å². The summed E-state index contributed by atoms with van der Waals surface area (Å²) >= 11 is 0. The van der Waals surface area contributed by atoms with Gasteiger partial charge < -0.3 is 4.74 Å². The minimum Gasteiger partial charge on any atom is -0.489 e. The molecule has 0 spiro atoms. The molecule has 1 nitrogen and oxygen atoms in total. The van der Waals surface area contributed by atoms with E-state index in [9.17, 15) is 0 Å². The van der Waals surface area contributed by atoms with Crippen LogP contribution in [0.5, 0.6) is 5.75 Å². The first-order valence-corrected chi connectivity index (χ1v) is 19.7. The standard InChI is InChI=1S/C44H42OSi/c1-6-25-45-43-37-18-10-9-15-32(37)21-24-42(43)46(4,5)44-40-28-35(33-16-11-13-30(7-2)26-33)19-22-38(40)39-23-20-36(29-41(39)44)34-17-12-14-31(8-3)27-34/h6,9-24,26-29,44H,1,7-8,25H2,2-5H3. The van der Waals surface area contributed by atoms with Crippen LogP contribution in [-0.2, 0) is 12.8 Å². The van der Waals surface area contributed by atoms with Crippen molar-refractivity contribution in [2.24, 2.45) is 0 Å². The zero-order valence-corrected chi connectivity index (χ0v) is 28.4. The van der Waals surface area contributed by atoms with E-state index in [0.717, 1.165) is 18.6 Å². The van der Waals surface area contributed by atoms with Gasteiger partial charge in [0.2, 0.25) is 0 Å². The predicted octanol–water partition coefficient (Wildman–Crippen LogP) is 11.1. The molecule has 46 heavy (non-hydrogen) atoms. The van der Waals surface area contributed by atoms with Crippen LogP contribution in [0.3, 0.4) is 0 Å². The van der Waals surface area contributed by atoms with Gasteiger partial charge in [-0.2, -0.15) is 0 Å². The molecule has 0 amide bonds. The lowest BCUT2D eigenvalue weighted by atomic mass is 9.96. The molecule has 0 aliphatic heterocycles. The van der Waals surface area contributed by atoms with Gasteiger partial charge in [0.25, 0.3) is 0 Å². The third-order valence-electron chi connectivity index (χ3n) is 9.99. The van der Waals surface area contributed by atoms with Crippen molar-refractivity contribution >= 4 is 24.0 Å². The highest BCUT2D eigenvalue weighted by Gasteiger charge is 2.44. The molecule has 6 aromatic carbocycles. The highest BCUT2D eigenvalue weighted by molar-refractivity contribution is 6.92. The Morgan fingerprint density at radius 1 is 0.630 bits per heavy atom. The quantitative estimate of drug-likeness (QED) is 0.116. The average molecular weight is 615 g/mol. The fourth-order valence-corrected chi connectivity index (χ4v) is 11.2. The van der Waals surface area contributed by atoms with Crippen molar-refractivity contribution in [3.05, 3.63) is 156 Å². The van der Waals surface area contributed by atoms with Crippen molar-refractivity contribution in [3.63, 3.8) is 0 Å². The minimum atomic E-state index is -2.30. The summed E-state index contributed by atoms with van der Waals surface area (Å²) in [5.41, 5.74) is 13.7. The number of fused-ring (bicyclic) bond motifs is 4. The van der Waals surface area contributed by atoms with Gasteiger partial charge in [-0.1, -0.05) is 161 Å². The van der Waals surface area contributed by atoms with E-state index in [1.807, 2.05) is 6.08 Å². The highest BCUT2D eigenvalue weighted by Crippen LogP contribution is 2.51. The lowest BCUT2D eigenvalue weighted by Crippen LogP contribution is -2.48. The summed E-state index contributed by atoms with van der Waals surface area (Å²) < 4.78 is 6.58. The van der Waals surface area contributed by atoms with E-state index in [2.05, 4.69) is 155 Å². The second kappa shape index (κ2) is 12.3. The monoisotopic (exact) mass is 614 g/mol. The van der Waals surface area contributed by atoms with Gasteiger partial charge in [0.15, 0.2) is 0 Å². The molecule has 6 aromatic rings. The van der Waals surface area contributed by atoms with Crippen LogP contribution in [0.4, 0.5) is 0 Å². The van der Waals surface area contributed by atoms with E-state index in [-0.39, 0.29) is 5.54 Å². The zero-order valence-electron chi connectivity index (χ0n) is 27.4. The Bertz CT molecular complexity index is 1990. The van der Waals surface area contributed by atoms with Crippen LogP contribution in [0, 0.1) is 0 Å². The summed E-state index contributed by atoms with van der Waals surface area (Å²) in [5.74, 6) is 1.02. The first-order chi connectivity index (χ1) is 22.4. The second-order valence-corrected chi connectivity index (χ2v) is 17.7. The van der Waals surface area contributed by atoms with Gasteiger partial charge in [0, 0.05) is 10.9 Å². The lowest BCUT2D eigenvalue weighted by Gasteiger charge is -2.34. The van der Waals surface area contributed by atoms with E-state index in [0.29, 0.717) is 6.61 Å². The van der Waals surface area contributed by atoms with Crippen LogP contribution in [0.2, 0.25) is 13.1 Å². The third kappa shape index (κ3) is 5.21. The molecular formula is C44H42OSi. The Balaban J connectivity index is 1.45. The largest absolute Gasteiger partial charge is 0.489 e. The zero-order chi connectivity index (χ0) is 31.8. The number of hydrogen-bond donors (Lipinski definition) is 0. The molecule has 0 unspecified atom stereocenters. The fraction of sp³-hybridized carbons (Fsp3) is 0.182. The summed E-state index contributed by atoms with van der Waals surface area (Å²) in [6, 6.07) is 45.7. The van der Waals surface area contributed by atoms with Gasteiger partial charge in [-0.3, -0.25) is 0 Å². The van der Waals surface area contributed by atoms with Gasteiger partial charge >= 0.3 is 0 Å². The smallest absolute Gasteiger partial charge is 0.126 e. The maximum atomic E-state index is 6.58. The van der Waals surface area contributed by atoms with Gasteiger partial charge in [0.1, 0.15) is 12.4 Å². The van der Waals surface area contributed by atoms with E-state index >= 15 is 0 Å². The Labute approximate surface area is 275 Å². The van der Waals surface area contributed by atoms with Crippen molar-refractivity contribution in [2.75, 3.05) is 6.61 Å². The molecule has 1 aliphatic rings. The molecule has 0 atom stereocenters. The van der Waals surface area contributed by atoms with Crippen LogP contribution in [0.25, 0.3) is 44.2 Å². The van der Waals surface area contributed by atoms with Gasteiger partial charge in [-0.15, -0.1) is 0 Å². The minimum absolute atomic E-state index is 0.258. The van der Waals surface area contributed by atoms with Gasteiger partial charge in [-0.05, 0) is 79.0 Å². The normalized spacial score (nSPS) is 12.6. The molecule has 0 N–H and O–H groups in total. The molecule has 1 aliphatic carbocycles. The highest BCUT2D eigenvalue weighted by atomic mass is 28.3. The van der Waals surface area contributed by atoms with Gasteiger partial charge in [0.05, 0.1) is 8.07 Å². The molecule has 2 heteroatoms. The topological polar surface area (TPSA) is 9.23 Å². The molecule has 0 heterocycles. The van der Waals surface area contributed by atoms with E-state index in [1.165, 1.54) is 71.6 Å². The summed E-state index contributed by atoms with van der Waals surface area (Å²) in [4.78, 5) is 0. The first-order valence-electron chi connectivity index (χ1n) is 16.7. The fourth-order valence-electron chi connectivity index (χ4n) is 7.54. The molecule has 228 valence electrons. The molecular weight excluding hydrogens is 573 g/mol. The predicted molar refractivity (Wildman–Crippen MR) is 200 cm³/mol. The number of ether oxygens (including phenoxy) is 1. The number of rotatable bonds is 9. The van der Waals surface area contributed by atoms with E-state index < -0.39 is 8.07 Å². The molecule has 0 radical (unpaired) electrons. The van der Waals surface area contributed by atoms with Crippen molar-refractivity contribution in [3.8, 4) is 39.1 Å². The van der Waals surface area contributed by atoms with Gasteiger partial charge in [-0.25, -0.2) is 0 Å². The Hall–Kier alpha value is -4.66. The molecule has 0 fully saturated rings. The summed E-state index contributed by atoms with van der Waals surface area (Å²) in [7, 11) is -2.30. The lowest BCUT2D eigenvalue weighted by molar-refractivity contribution is 0.370. The Morgan fingerprint density at radius 2 is 1.20 bits per heavy atom. The Kier molecular flexibility index (Phi) is 8.00. The van der Waals surface area contributed by atoms with Crippen LogP contribution in [0.15, 0.2) is 134 Å². The average Bonchev–Trinajstić information content (AvgIpc) is 3.44. The van der Waals surface area contributed by atoms with E-state index in [4.69, 9.17) is 4.74 Å². The molecule has 0 bridgehead atoms. The summed E-state index contributed by atoms with van der Waals surface area (Å²) in [6.45, 7) is 14.0. The maximum absolute atomic E-state index is 6.58. The van der Waals surface area contributed by atoms with Crippen molar-refractivity contribution < 1.29 is 4.74 Å². The SMILES string of the molecule is C=CCOc1c([Si](C)(C)C2c3cc(-c4cccc(CC)c4)ccc3-c3ccc(-c4cccc(CC)c4)cc32)ccc2ccccc12. The van der Waals surface area contributed by atoms with Crippen molar-refractivity contribution in [1.82, 2.24) is 0 Å². The van der Waals surface area contributed by atoms with E-state index in [1.54, 1.807) is 0 Å². The Morgan fingerprint density at radius 3 is 1.76 bits per heavy atom. The summed E-state index contributed by atoms with van der Waals surface area (Å²) in [5, 5.41) is 3.74. The molecule has 7 rings (SSSR count). The first kappa shape index (κ1) is 30.0. The van der Waals surface area contributed by atoms with Crippen LogP contribution in [-0.4, -0.2) is 14.7 Å². The maximum Gasteiger partial charge on any atom is 0.126 e. The van der Waals surface area contributed by atoms with Crippen molar-refractivity contribution in [1.29, 1.82) is 0 Å². The van der Waals surface area contributed by atoms with Crippen LogP contribution in [0.1, 0.15) is 41.6 Å². The second-order valence-electron chi connectivity index (χ2n) is 13.1. The molecule has 0 saturated carbocycles. The molecule has 0 aromatic heterocycles. The number of hydrogen-bond acceptors (Lipinski definition) is 1.